The van der Waals surface area contributed by atoms with Crippen molar-refractivity contribution < 1.29 is 19.1 Å². The number of imide groups is 1. The minimum Gasteiger partial charge on any atom is -0.452 e. The second-order valence-corrected chi connectivity index (χ2v) is 3.81. The van der Waals surface area contributed by atoms with Crippen molar-refractivity contribution in [1.82, 2.24) is 5.32 Å². The van der Waals surface area contributed by atoms with Gasteiger partial charge >= 0.3 is 12.0 Å². The van der Waals surface area contributed by atoms with E-state index in [0.29, 0.717) is 5.56 Å². The van der Waals surface area contributed by atoms with Crippen LogP contribution in [-0.2, 0) is 9.53 Å². The zero-order valence-corrected chi connectivity index (χ0v) is 10.1. The number of esters is 1. The van der Waals surface area contributed by atoms with Crippen molar-refractivity contribution in [3.05, 3.63) is 34.9 Å². The Morgan fingerprint density at radius 3 is 2.50 bits per heavy atom. The summed E-state index contributed by atoms with van der Waals surface area (Å²) < 4.78 is 4.75. The van der Waals surface area contributed by atoms with Crippen LogP contribution < -0.4 is 11.1 Å². The van der Waals surface area contributed by atoms with Crippen LogP contribution in [0, 0.1) is 13.8 Å². The highest BCUT2D eigenvalue weighted by molar-refractivity contribution is 5.96. The molecule has 3 N–H and O–H groups in total. The number of hydrogen-bond donors (Lipinski definition) is 2. The highest BCUT2D eigenvalue weighted by Gasteiger charge is 2.13. The second-order valence-electron chi connectivity index (χ2n) is 3.81. The van der Waals surface area contributed by atoms with Crippen LogP contribution in [0.25, 0.3) is 0 Å². The van der Waals surface area contributed by atoms with Crippen molar-refractivity contribution in [1.29, 1.82) is 0 Å². The normalized spacial score (nSPS) is 9.67. The Labute approximate surface area is 104 Å². The van der Waals surface area contributed by atoms with Gasteiger partial charge in [0.1, 0.15) is 0 Å². The summed E-state index contributed by atoms with van der Waals surface area (Å²) >= 11 is 0. The van der Waals surface area contributed by atoms with Crippen LogP contribution in [0.4, 0.5) is 4.79 Å². The van der Waals surface area contributed by atoms with E-state index in [9.17, 15) is 14.4 Å². The zero-order chi connectivity index (χ0) is 13.7. The summed E-state index contributed by atoms with van der Waals surface area (Å²) in [6, 6.07) is 4.24. The van der Waals surface area contributed by atoms with Crippen molar-refractivity contribution in [2.75, 3.05) is 6.61 Å². The second kappa shape index (κ2) is 5.81. The van der Waals surface area contributed by atoms with Crippen molar-refractivity contribution in [3.8, 4) is 0 Å². The number of carbonyl (C=O) groups is 3. The van der Waals surface area contributed by atoms with Crippen LogP contribution in [-0.4, -0.2) is 24.5 Å². The first kappa shape index (κ1) is 13.7. The quantitative estimate of drug-likeness (QED) is 0.769. The van der Waals surface area contributed by atoms with E-state index in [0.717, 1.165) is 11.1 Å². The maximum Gasteiger partial charge on any atom is 0.338 e. The monoisotopic (exact) mass is 250 g/mol. The largest absolute Gasteiger partial charge is 0.452 e. The van der Waals surface area contributed by atoms with E-state index in [4.69, 9.17) is 10.5 Å². The van der Waals surface area contributed by atoms with E-state index in [2.05, 4.69) is 0 Å². The average molecular weight is 250 g/mol. The Morgan fingerprint density at radius 2 is 1.94 bits per heavy atom. The molecule has 1 aromatic rings. The van der Waals surface area contributed by atoms with Crippen molar-refractivity contribution in [2.24, 2.45) is 5.73 Å². The van der Waals surface area contributed by atoms with Crippen LogP contribution in [0.1, 0.15) is 21.5 Å². The van der Waals surface area contributed by atoms with Gasteiger partial charge in [0, 0.05) is 0 Å². The first-order valence-corrected chi connectivity index (χ1v) is 5.24. The molecule has 1 aromatic carbocycles. The highest BCUT2D eigenvalue weighted by Crippen LogP contribution is 2.11. The SMILES string of the molecule is Cc1ccc(C(=O)OCC(=O)NC(N)=O)c(C)c1. The van der Waals surface area contributed by atoms with Crippen LogP contribution in [0.5, 0.6) is 0 Å². The van der Waals surface area contributed by atoms with Gasteiger partial charge < -0.3 is 10.5 Å². The first-order valence-electron chi connectivity index (χ1n) is 5.24. The molecule has 0 aliphatic carbocycles. The van der Waals surface area contributed by atoms with Crippen LogP contribution in [0.15, 0.2) is 18.2 Å². The molecule has 0 aliphatic rings. The Kier molecular flexibility index (Phi) is 4.42. The fraction of sp³-hybridized carbons (Fsp3) is 0.250. The fourth-order valence-corrected chi connectivity index (χ4v) is 1.42. The van der Waals surface area contributed by atoms with Crippen LogP contribution >= 0.6 is 0 Å². The van der Waals surface area contributed by atoms with E-state index in [1.807, 2.05) is 13.0 Å². The van der Waals surface area contributed by atoms with Crippen LogP contribution in [0.3, 0.4) is 0 Å². The van der Waals surface area contributed by atoms with Crippen LogP contribution in [0.2, 0.25) is 0 Å². The number of hydrogen-bond acceptors (Lipinski definition) is 4. The number of rotatable bonds is 3. The van der Waals surface area contributed by atoms with E-state index in [-0.39, 0.29) is 0 Å². The molecule has 1 rings (SSSR count). The molecule has 0 heterocycles. The number of carbonyl (C=O) groups excluding carboxylic acids is 3. The fourth-order valence-electron chi connectivity index (χ4n) is 1.42. The van der Waals surface area contributed by atoms with E-state index >= 15 is 0 Å². The molecule has 3 amide bonds. The first-order chi connectivity index (χ1) is 8.40. The Balaban J connectivity index is 2.60. The molecule has 0 spiro atoms. The number of aryl methyl sites for hydroxylation is 2. The third-order valence-corrected chi connectivity index (χ3v) is 2.20. The lowest BCUT2D eigenvalue weighted by molar-refractivity contribution is -0.123. The van der Waals surface area contributed by atoms with Gasteiger partial charge in [0.15, 0.2) is 6.61 Å². The van der Waals surface area contributed by atoms with Gasteiger partial charge in [0.05, 0.1) is 5.56 Å². The van der Waals surface area contributed by atoms with Gasteiger partial charge in [0.25, 0.3) is 5.91 Å². The molecule has 6 heteroatoms. The Hall–Kier alpha value is -2.37. The van der Waals surface area contributed by atoms with Gasteiger partial charge in [0.2, 0.25) is 0 Å². The molecule has 0 radical (unpaired) electrons. The van der Waals surface area contributed by atoms with E-state index in [1.54, 1.807) is 24.4 Å². The Morgan fingerprint density at radius 1 is 1.28 bits per heavy atom. The predicted octanol–water partition coefficient (Wildman–Crippen LogP) is 0.655. The standard InChI is InChI=1S/C12H14N2O4/c1-7-3-4-9(8(2)5-7)11(16)18-6-10(15)14-12(13)17/h3-5H,6H2,1-2H3,(H3,13,14,15,17). The van der Waals surface area contributed by atoms with Crippen molar-refractivity contribution >= 4 is 17.9 Å². The maximum atomic E-state index is 11.6. The third kappa shape index (κ3) is 3.89. The number of ether oxygens (including phenoxy) is 1. The lowest BCUT2D eigenvalue weighted by Gasteiger charge is -2.07. The van der Waals surface area contributed by atoms with Gasteiger partial charge in [-0.3, -0.25) is 10.1 Å². The topological polar surface area (TPSA) is 98.5 Å². The number of amides is 3. The van der Waals surface area contributed by atoms with Crippen molar-refractivity contribution in [3.63, 3.8) is 0 Å². The molecule has 0 unspecified atom stereocenters. The molecule has 0 aliphatic heterocycles. The number of primary amides is 1. The van der Waals surface area contributed by atoms with Crippen molar-refractivity contribution in [2.45, 2.75) is 13.8 Å². The molecule has 0 atom stereocenters. The van der Waals surface area contributed by atoms with Gasteiger partial charge in [-0.05, 0) is 25.5 Å². The molecule has 0 saturated heterocycles. The minimum atomic E-state index is -0.984. The molecule has 0 bridgehead atoms. The number of nitrogens with one attached hydrogen (secondary N) is 1. The summed E-state index contributed by atoms with van der Waals surface area (Å²) in [6.07, 6.45) is 0. The summed E-state index contributed by atoms with van der Waals surface area (Å²) in [5.74, 6) is -1.38. The predicted molar refractivity (Wildman–Crippen MR) is 63.9 cm³/mol. The van der Waals surface area contributed by atoms with Gasteiger partial charge in [-0.2, -0.15) is 0 Å². The van der Waals surface area contributed by atoms with E-state index in [1.165, 1.54) is 0 Å². The average Bonchev–Trinajstić information content (AvgIpc) is 2.25. The molecule has 0 aromatic heterocycles. The van der Waals surface area contributed by atoms with Gasteiger partial charge in [-0.15, -0.1) is 0 Å². The number of urea groups is 1. The summed E-state index contributed by atoms with van der Waals surface area (Å²) in [5, 5.41) is 1.80. The minimum absolute atomic E-state index is 0.382. The molecule has 6 nitrogen and oxygen atoms in total. The molecular formula is C12H14N2O4. The lowest BCUT2D eigenvalue weighted by Crippen LogP contribution is -2.37. The maximum absolute atomic E-state index is 11.6. The summed E-state index contributed by atoms with van der Waals surface area (Å²) in [4.78, 5) is 33.1. The van der Waals surface area contributed by atoms with Gasteiger partial charge in [-0.1, -0.05) is 17.7 Å². The molecule has 0 fully saturated rings. The number of benzene rings is 1. The van der Waals surface area contributed by atoms with Gasteiger partial charge in [-0.25, -0.2) is 9.59 Å². The molecule has 0 saturated carbocycles. The summed E-state index contributed by atoms with van der Waals surface area (Å²) in [6.45, 7) is 3.13. The van der Waals surface area contributed by atoms with E-state index < -0.39 is 24.5 Å². The molecule has 18 heavy (non-hydrogen) atoms. The summed E-state index contributed by atoms with van der Waals surface area (Å²) in [5.41, 5.74) is 6.91. The summed E-state index contributed by atoms with van der Waals surface area (Å²) in [7, 11) is 0. The molecular weight excluding hydrogens is 236 g/mol. The zero-order valence-electron chi connectivity index (χ0n) is 10.1. The number of nitrogens with two attached hydrogens (primary N) is 1. The third-order valence-electron chi connectivity index (χ3n) is 2.20. The Bertz CT molecular complexity index is 497. The lowest BCUT2D eigenvalue weighted by atomic mass is 10.1. The smallest absolute Gasteiger partial charge is 0.338 e. The highest BCUT2D eigenvalue weighted by atomic mass is 16.5. The molecule has 96 valence electrons.